The molecule has 0 aromatic heterocycles. The van der Waals surface area contributed by atoms with E-state index in [0.717, 1.165) is 48.8 Å². The van der Waals surface area contributed by atoms with Crippen LogP contribution >= 0.6 is 0 Å². The lowest BCUT2D eigenvalue weighted by atomic mass is 9.66. The van der Waals surface area contributed by atoms with Gasteiger partial charge in [0.2, 0.25) is 5.91 Å². The van der Waals surface area contributed by atoms with Gasteiger partial charge in [0.25, 0.3) is 0 Å². The van der Waals surface area contributed by atoms with Crippen molar-refractivity contribution in [1.82, 2.24) is 0 Å². The lowest BCUT2D eigenvalue weighted by molar-refractivity contribution is -0.124. The molecule has 0 atom stereocenters. The fraction of sp³-hybridized carbons (Fsp3) is 0.667. The molecule has 2 rings (SSSR count). The van der Waals surface area contributed by atoms with Crippen LogP contribution in [-0.2, 0) is 21.0 Å². The fourth-order valence-corrected chi connectivity index (χ4v) is 3.89. The van der Waals surface area contributed by atoms with Gasteiger partial charge >= 0.3 is 0 Å². The molecule has 1 fully saturated rings. The number of primary amides is 1. The van der Waals surface area contributed by atoms with Crippen LogP contribution in [0.3, 0.4) is 0 Å². The molecule has 24 heavy (non-hydrogen) atoms. The Morgan fingerprint density at radius 3 is 1.71 bits per heavy atom. The number of phenols is 1. The van der Waals surface area contributed by atoms with Crippen LogP contribution in [0.2, 0.25) is 0 Å². The van der Waals surface area contributed by atoms with Crippen molar-refractivity contribution in [3.05, 3.63) is 28.8 Å². The van der Waals surface area contributed by atoms with Gasteiger partial charge in [-0.05, 0) is 40.4 Å². The van der Waals surface area contributed by atoms with Crippen LogP contribution in [0.1, 0.15) is 90.3 Å². The molecule has 3 heteroatoms. The van der Waals surface area contributed by atoms with E-state index < -0.39 is 5.41 Å². The van der Waals surface area contributed by atoms with Crippen LogP contribution in [0.5, 0.6) is 5.75 Å². The van der Waals surface area contributed by atoms with Gasteiger partial charge in [-0.2, -0.15) is 0 Å². The van der Waals surface area contributed by atoms with E-state index in [1.807, 2.05) is 12.1 Å². The van der Waals surface area contributed by atoms with Gasteiger partial charge in [-0.15, -0.1) is 0 Å². The molecular formula is C21H33NO2. The summed E-state index contributed by atoms with van der Waals surface area (Å²) in [5, 5.41) is 10.9. The molecular weight excluding hydrogens is 298 g/mol. The second-order valence-corrected chi connectivity index (χ2v) is 9.43. The molecule has 1 amide bonds. The van der Waals surface area contributed by atoms with Gasteiger partial charge in [0, 0.05) is 0 Å². The SMILES string of the molecule is CC(C)(C)c1cc(C2(C(N)=O)CCCCC2)cc(C(C)(C)C)c1O. The Balaban J connectivity index is 2.76. The lowest BCUT2D eigenvalue weighted by Gasteiger charge is -2.37. The summed E-state index contributed by atoms with van der Waals surface area (Å²) >= 11 is 0. The molecule has 0 unspecified atom stereocenters. The van der Waals surface area contributed by atoms with E-state index in [1.54, 1.807) is 0 Å². The number of phenolic OH excluding ortho intramolecular Hbond substituents is 1. The van der Waals surface area contributed by atoms with Crippen molar-refractivity contribution in [3.63, 3.8) is 0 Å². The Morgan fingerprint density at radius 2 is 1.38 bits per heavy atom. The van der Waals surface area contributed by atoms with Crippen molar-refractivity contribution in [2.24, 2.45) is 5.73 Å². The van der Waals surface area contributed by atoms with Crippen LogP contribution in [-0.4, -0.2) is 11.0 Å². The minimum atomic E-state index is -0.591. The first-order valence-electron chi connectivity index (χ1n) is 9.08. The Kier molecular flexibility index (Phi) is 4.78. The highest BCUT2D eigenvalue weighted by Crippen LogP contribution is 2.46. The fourth-order valence-electron chi connectivity index (χ4n) is 3.89. The zero-order valence-corrected chi connectivity index (χ0v) is 16.1. The summed E-state index contributed by atoms with van der Waals surface area (Å²) in [6.45, 7) is 12.6. The molecule has 1 aromatic rings. The van der Waals surface area contributed by atoms with Crippen molar-refractivity contribution in [1.29, 1.82) is 0 Å². The van der Waals surface area contributed by atoms with Crippen LogP contribution < -0.4 is 5.73 Å². The first-order valence-corrected chi connectivity index (χ1v) is 9.08. The van der Waals surface area contributed by atoms with Gasteiger partial charge in [-0.1, -0.05) is 72.9 Å². The molecule has 1 aromatic carbocycles. The molecule has 3 N–H and O–H groups in total. The van der Waals surface area contributed by atoms with E-state index in [9.17, 15) is 9.90 Å². The normalized spacial score (nSPS) is 18.4. The first kappa shape index (κ1) is 18.8. The third-order valence-corrected chi connectivity index (χ3v) is 5.46. The van der Waals surface area contributed by atoms with E-state index >= 15 is 0 Å². The minimum absolute atomic E-state index is 0.201. The molecule has 0 bridgehead atoms. The van der Waals surface area contributed by atoms with E-state index in [-0.39, 0.29) is 16.7 Å². The van der Waals surface area contributed by atoms with Gasteiger partial charge in [0.1, 0.15) is 5.75 Å². The zero-order chi connectivity index (χ0) is 18.3. The van der Waals surface area contributed by atoms with Crippen molar-refractivity contribution in [3.8, 4) is 5.75 Å². The molecule has 0 heterocycles. The Morgan fingerprint density at radius 1 is 0.958 bits per heavy atom. The van der Waals surface area contributed by atoms with Gasteiger partial charge in [-0.3, -0.25) is 4.79 Å². The smallest absolute Gasteiger partial charge is 0.228 e. The summed E-state index contributed by atoms with van der Waals surface area (Å²) in [5.41, 5.74) is 7.68. The average Bonchev–Trinajstić information content (AvgIpc) is 2.45. The summed E-state index contributed by atoms with van der Waals surface area (Å²) in [6, 6.07) is 4.06. The number of carbonyl (C=O) groups is 1. The molecule has 0 aliphatic heterocycles. The van der Waals surface area contributed by atoms with Crippen LogP contribution in [0, 0.1) is 0 Å². The van der Waals surface area contributed by atoms with Gasteiger partial charge < -0.3 is 10.8 Å². The second kappa shape index (κ2) is 6.09. The molecule has 1 aliphatic rings. The highest BCUT2D eigenvalue weighted by Gasteiger charge is 2.41. The summed E-state index contributed by atoms with van der Waals surface area (Å²) in [7, 11) is 0. The Labute approximate surface area is 146 Å². The second-order valence-electron chi connectivity index (χ2n) is 9.43. The van der Waals surface area contributed by atoms with Crippen molar-refractivity contribution in [2.45, 2.75) is 89.9 Å². The van der Waals surface area contributed by atoms with Crippen molar-refractivity contribution in [2.75, 3.05) is 0 Å². The number of hydrogen-bond donors (Lipinski definition) is 2. The molecule has 1 saturated carbocycles. The van der Waals surface area contributed by atoms with E-state index in [0.29, 0.717) is 5.75 Å². The summed E-state index contributed by atoms with van der Waals surface area (Å²) in [4.78, 5) is 12.4. The topological polar surface area (TPSA) is 63.3 Å². The monoisotopic (exact) mass is 331 g/mol. The molecule has 134 valence electrons. The average molecular weight is 332 g/mol. The van der Waals surface area contributed by atoms with Crippen molar-refractivity contribution >= 4 is 5.91 Å². The number of hydrogen-bond acceptors (Lipinski definition) is 2. The Hall–Kier alpha value is -1.51. The summed E-state index contributed by atoms with van der Waals surface area (Å²) in [5.74, 6) is 0.127. The quantitative estimate of drug-likeness (QED) is 0.827. The minimum Gasteiger partial charge on any atom is -0.507 e. The third-order valence-electron chi connectivity index (χ3n) is 5.46. The third kappa shape index (κ3) is 3.31. The van der Waals surface area contributed by atoms with E-state index in [4.69, 9.17) is 5.73 Å². The maximum absolute atomic E-state index is 12.4. The first-order chi connectivity index (χ1) is 10.9. The van der Waals surface area contributed by atoms with Gasteiger partial charge in [0.05, 0.1) is 5.41 Å². The number of rotatable bonds is 2. The molecule has 0 saturated heterocycles. The molecule has 3 nitrogen and oxygen atoms in total. The number of benzene rings is 1. The molecule has 0 radical (unpaired) electrons. The number of amides is 1. The standard InChI is InChI=1S/C21H33NO2/c1-19(2,3)15-12-14(13-16(17(15)23)20(4,5)6)21(18(22)24)10-8-7-9-11-21/h12-13,23H,7-11H2,1-6H3,(H2,22,24). The highest BCUT2D eigenvalue weighted by molar-refractivity contribution is 5.87. The maximum atomic E-state index is 12.4. The number of aromatic hydroxyl groups is 1. The van der Waals surface area contributed by atoms with Crippen LogP contribution in [0.4, 0.5) is 0 Å². The van der Waals surface area contributed by atoms with E-state index in [2.05, 4.69) is 41.5 Å². The van der Waals surface area contributed by atoms with Crippen LogP contribution in [0.25, 0.3) is 0 Å². The lowest BCUT2D eigenvalue weighted by Crippen LogP contribution is -2.43. The Bertz CT molecular complexity index is 591. The summed E-state index contributed by atoms with van der Waals surface area (Å²) < 4.78 is 0. The predicted octanol–water partition coefficient (Wildman–Crippen LogP) is 4.67. The largest absolute Gasteiger partial charge is 0.507 e. The molecule has 0 spiro atoms. The zero-order valence-electron chi connectivity index (χ0n) is 16.1. The highest BCUT2D eigenvalue weighted by atomic mass is 16.3. The summed E-state index contributed by atoms with van der Waals surface area (Å²) in [6.07, 6.45) is 4.82. The predicted molar refractivity (Wildman–Crippen MR) is 99.5 cm³/mol. The number of carbonyl (C=O) groups excluding carboxylic acids is 1. The van der Waals surface area contributed by atoms with Crippen molar-refractivity contribution < 1.29 is 9.90 Å². The van der Waals surface area contributed by atoms with Gasteiger partial charge in [0.15, 0.2) is 0 Å². The van der Waals surface area contributed by atoms with Gasteiger partial charge in [-0.25, -0.2) is 0 Å². The maximum Gasteiger partial charge on any atom is 0.228 e. The van der Waals surface area contributed by atoms with E-state index in [1.165, 1.54) is 0 Å². The number of nitrogens with two attached hydrogens (primary N) is 1. The van der Waals surface area contributed by atoms with Crippen LogP contribution in [0.15, 0.2) is 12.1 Å². The molecule has 1 aliphatic carbocycles.